The number of morpholine rings is 1. The van der Waals surface area contributed by atoms with E-state index in [4.69, 9.17) is 10.5 Å². The van der Waals surface area contributed by atoms with E-state index in [2.05, 4.69) is 15.9 Å². The molecule has 1 saturated heterocycles. The maximum absolute atomic E-state index is 12.0. The Morgan fingerprint density at radius 1 is 1.44 bits per heavy atom. The highest BCUT2D eigenvalue weighted by atomic mass is 79.9. The molecule has 1 atom stereocenters. The van der Waals surface area contributed by atoms with E-state index in [0.717, 1.165) is 10.2 Å². The highest BCUT2D eigenvalue weighted by molar-refractivity contribution is 9.10. The van der Waals surface area contributed by atoms with Gasteiger partial charge in [0.25, 0.3) is 5.91 Å². The molecule has 0 aromatic heterocycles. The van der Waals surface area contributed by atoms with Gasteiger partial charge in [-0.1, -0.05) is 15.9 Å². The van der Waals surface area contributed by atoms with Crippen molar-refractivity contribution in [1.82, 2.24) is 0 Å². The first kappa shape index (κ1) is 11.6. The average molecular weight is 285 g/mol. The van der Waals surface area contributed by atoms with Crippen LogP contribution in [0.3, 0.4) is 0 Å². The van der Waals surface area contributed by atoms with Gasteiger partial charge in [0, 0.05) is 23.2 Å². The van der Waals surface area contributed by atoms with Crippen LogP contribution in [-0.4, -0.2) is 31.7 Å². The summed E-state index contributed by atoms with van der Waals surface area (Å²) < 4.78 is 6.28. The highest BCUT2D eigenvalue weighted by Gasteiger charge is 2.29. The summed E-state index contributed by atoms with van der Waals surface area (Å²) in [6, 6.07) is 7.63. The molecule has 1 aliphatic heterocycles. The zero-order valence-corrected chi connectivity index (χ0v) is 10.3. The second kappa shape index (κ2) is 4.95. The summed E-state index contributed by atoms with van der Waals surface area (Å²) in [6.45, 7) is 1.34. The summed E-state index contributed by atoms with van der Waals surface area (Å²) >= 11 is 3.36. The van der Waals surface area contributed by atoms with Crippen LogP contribution in [0.1, 0.15) is 0 Å². The monoisotopic (exact) mass is 284 g/mol. The highest BCUT2D eigenvalue weighted by Crippen LogP contribution is 2.21. The number of carbonyl (C=O) groups excluding carboxylic acids is 1. The fourth-order valence-electron chi connectivity index (χ4n) is 1.69. The molecule has 0 spiro atoms. The molecule has 0 bridgehead atoms. The normalized spacial score (nSPS) is 21.2. The van der Waals surface area contributed by atoms with Crippen LogP contribution in [0.25, 0.3) is 0 Å². The summed E-state index contributed by atoms with van der Waals surface area (Å²) in [7, 11) is 0. The summed E-state index contributed by atoms with van der Waals surface area (Å²) in [5.41, 5.74) is 6.36. The summed E-state index contributed by atoms with van der Waals surface area (Å²) in [5, 5.41) is 0. The molecule has 4 nitrogen and oxygen atoms in total. The first-order valence-electron chi connectivity index (χ1n) is 5.11. The Morgan fingerprint density at radius 3 is 2.75 bits per heavy atom. The SMILES string of the molecule is NCC1OCCN(c2ccc(Br)cc2)C1=O. The summed E-state index contributed by atoms with van der Waals surface area (Å²) in [5.74, 6) is -0.0592. The number of anilines is 1. The fraction of sp³-hybridized carbons (Fsp3) is 0.364. The Balaban J connectivity index is 2.20. The van der Waals surface area contributed by atoms with Crippen molar-refractivity contribution in [3.05, 3.63) is 28.7 Å². The van der Waals surface area contributed by atoms with Gasteiger partial charge in [0.15, 0.2) is 0 Å². The largest absolute Gasteiger partial charge is 0.365 e. The first-order chi connectivity index (χ1) is 7.72. The molecule has 2 N–H and O–H groups in total. The van der Waals surface area contributed by atoms with Crippen molar-refractivity contribution in [2.75, 3.05) is 24.6 Å². The number of nitrogens with two attached hydrogens (primary N) is 1. The maximum atomic E-state index is 12.0. The molecule has 5 heteroatoms. The minimum atomic E-state index is -0.502. The fourth-order valence-corrected chi connectivity index (χ4v) is 1.95. The van der Waals surface area contributed by atoms with Crippen LogP contribution in [-0.2, 0) is 9.53 Å². The van der Waals surface area contributed by atoms with Crippen LogP contribution in [0, 0.1) is 0 Å². The summed E-state index contributed by atoms with van der Waals surface area (Å²) in [4.78, 5) is 13.7. The van der Waals surface area contributed by atoms with Crippen molar-refractivity contribution in [2.24, 2.45) is 5.73 Å². The maximum Gasteiger partial charge on any atom is 0.257 e. The molecule has 2 rings (SSSR count). The van der Waals surface area contributed by atoms with Crippen LogP contribution < -0.4 is 10.6 Å². The minimum Gasteiger partial charge on any atom is -0.365 e. The molecular weight excluding hydrogens is 272 g/mol. The molecule has 0 radical (unpaired) electrons. The Bertz CT molecular complexity index is 380. The van der Waals surface area contributed by atoms with Gasteiger partial charge in [0.1, 0.15) is 6.10 Å². The van der Waals surface area contributed by atoms with Gasteiger partial charge in [-0.25, -0.2) is 0 Å². The molecule has 86 valence electrons. The number of halogens is 1. The van der Waals surface area contributed by atoms with Gasteiger partial charge in [-0.15, -0.1) is 0 Å². The number of hydrogen-bond acceptors (Lipinski definition) is 3. The zero-order valence-electron chi connectivity index (χ0n) is 8.73. The second-order valence-electron chi connectivity index (χ2n) is 3.56. The van der Waals surface area contributed by atoms with Crippen LogP contribution in [0.15, 0.2) is 28.7 Å². The Kier molecular flexibility index (Phi) is 3.58. The first-order valence-corrected chi connectivity index (χ1v) is 5.90. The predicted molar refractivity (Wildman–Crippen MR) is 65.3 cm³/mol. The molecule has 1 amide bonds. The lowest BCUT2D eigenvalue weighted by Gasteiger charge is -2.31. The minimum absolute atomic E-state index is 0.0592. The molecule has 1 fully saturated rings. The third-order valence-corrected chi connectivity index (χ3v) is 3.06. The van der Waals surface area contributed by atoms with E-state index in [1.54, 1.807) is 4.90 Å². The zero-order chi connectivity index (χ0) is 11.5. The van der Waals surface area contributed by atoms with Crippen LogP contribution in [0.5, 0.6) is 0 Å². The van der Waals surface area contributed by atoms with Crippen molar-refractivity contribution in [3.63, 3.8) is 0 Å². The molecule has 1 unspecified atom stereocenters. The number of benzene rings is 1. The smallest absolute Gasteiger partial charge is 0.257 e. The predicted octanol–water partition coefficient (Wildman–Crippen LogP) is 1.14. The van der Waals surface area contributed by atoms with Gasteiger partial charge in [-0.05, 0) is 24.3 Å². The molecule has 1 aliphatic rings. The number of hydrogen-bond donors (Lipinski definition) is 1. The van der Waals surface area contributed by atoms with E-state index in [1.807, 2.05) is 24.3 Å². The standard InChI is InChI=1S/C11H13BrN2O2/c12-8-1-3-9(4-2-8)14-5-6-16-10(7-13)11(14)15/h1-4,10H,5-7,13H2. The average Bonchev–Trinajstić information content (AvgIpc) is 2.31. The van der Waals surface area contributed by atoms with Gasteiger partial charge in [0.05, 0.1) is 6.61 Å². The van der Waals surface area contributed by atoms with E-state index in [0.29, 0.717) is 13.2 Å². The molecular formula is C11H13BrN2O2. The lowest BCUT2D eigenvalue weighted by atomic mass is 10.2. The van der Waals surface area contributed by atoms with E-state index in [9.17, 15) is 4.79 Å². The molecule has 1 heterocycles. The Hall–Kier alpha value is -0.910. The van der Waals surface area contributed by atoms with Crippen LogP contribution >= 0.6 is 15.9 Å². The van der Waals surface area contributed by atoms with Crippen molar-refractivity contribution in [2.45, 2.75) is 6.10 Å². The quantitative estimate of drug-likeness (QED) is 0.886. The number of amides is 1. The van der Waals surface area contributed by atoms with E-state index >= 15 is 0 Å². The van der Waals surface area contributed by atoms with Crippen molar-refractivity contribution in [1.29, 1.82) is 0 Å². The van der Waals surface area contributed by atoms with Gasteiger partial charge < -0.3 is 15.4 Å². The lowest BCUT2D eigenvalue weighted by molar-refractivity contribution is -0.133. The summed E-state index contributed by atoms with van der Waals surface area (Å²) in [6.07, 6.45) is -0.502. The van der Waals surface area contributed by atoms with Gasteiger partial charge in [-0.2, -0.15) is 0 Å². The van der Waals surface area contributed by atoms with Crippen molar-refractivity contribution < 1.29 is 9.53 Å². The van der Waals surface area contributed by atoms with E-state index in [-0.39, 0.29) is 12.5 Å². The van der Waals surface area contributed by atoms with Gasteiger partial charge >= 0.3 is 0 Å². The van der Waals surface area contributed by atoms with Gasteiger partial charge in [0.2, 0.25) is 0 Å². The number of nitrogens with zero attached hydrogens (tertiary/aromatic N) is 1. The molecule has 0 aliphatic carbocycles. The molecule has 16 heavy (non-hydrogen) atoms. The third-order valence-electron chi connectivity index (χ3n) is 2.53. The van der Waals surface area contributed by atoms with Crippen LogP contribution in [0.2, 0.25) is 0 Å². The Morgan fingerprint density at radius 2 is 2.12 bits per heavy atom. The number of carbonyl (C=O) groups is 1. The van der Waals surface area contributed by atoms with Crippen LogP contribution in [0.4, 0.5) is 5.69 Å². The van der Waals surface area contributed by atoms with Gasteiger partial charge in [-0.3, -0.25) is 4.79 Å². The second-order valence-corrected chi connectivity index (χ2v) is 4.48. The Labute approximate surface area is 102 Å². The van der Waals surface area contributed by atoms with E-state index < -0.39 is 6.10 Å². The lowest BCUT2D eigenvalue weighted by Crippen LogP contribution is -2.50. The number of ether oxygens (including phenoxy) is 1. The molecule has 1 aromatic rings. The number of rotatable bonds is 2. The van der Waals surface area contributed by atoms with E-state index in [1.165, 1.54) is 0 Å². The molecule has 1 aromatic carbocycles. The van der Waals surface area contributed by atoms with Crippen molar-refractivity contribution >= 4 is 27.5 Å². The third kappa shape index (κ3) is 2.26. The van der Waals surface area contributed by atoms with Crippen molar-refractivity contribution in [3.8, 4) is 0 Å². The molecule has 0 saturated carbocycles. The topological polar surface area (TPSA) is 55.6 Å².